The van der Waals surface area contributed by atoms with Crippen molar-refractivity contribution in [3.8, 4) is 45.0 Å². The molecule has 57 heavy (non-hydrogen) atoms. The summed E-state index contributed by atoms with van der Waals surface area (Å²) in [5.74, 6) is 2.08. The van der Waals surface area contributed by atoms with Gasteiger partial charge >= 0.3 is 0 Å². The summed E-state index contributed by atoms with van der Waals surface area (Å²) in [6.45, 7) is 14.7. The number of rotatable bonds is 5. The third-order valence-corrected chi connectivity index (χ3v) is 11.4. The summed E-state index contributed by atoms with van der Waals surface area (Å²) in [5.41, 5.74) is 18.6. The van der Waals surface area contributed by atoms with E-state index < -0.39 is 0 Å². The van der Waals surface area contributed by atoms with Gasteiger partial charge in [0.15, 0.2) is 5.82 Å². The minimum Gasteiger partial charge on any atom is -0.309 e. The van der Waals surface area contributed by atoms with Gasteiger partial charge in [-0.15, -0.1) is 0 Å². The average Bonchev–Trinajstić information content (AvgIpc) is 3.68. The summed E-state index contributed by atoms with van der Waals surface area (Å²) in [5, 5.41) is 4.99. The first-order valence-corrected chi connectivity index (χ1v) is 19.7. The van der Waals surface area contributed by atoms with E-state index in [1.165, 1.54) is 77.0 Å². The molecule has 5 nitrogen and oxygen atoms in total. The lowest BCUT2D eigenvalue weighted by Crippen LogP contribution is -2.04. The van der Waals surface area contributed by atoms with E-state index >= 15 is 0 Å². The van der Waals surface area contributed by atoms with Crippen LogP contribution in [-0.4, -0.2) is 24.1 Å². The molecule has 0 saturated carbocycles. The number of nitrogens with zero attached hydrogens (tertiary/aromatic N) is 5. The highest BCUT2D eigenvalue weighted by atomic mass is 15.0. The van der Waals surface area contributed by atoms with Gasteiger partial charge in [-0.2, -0.15) is 0 Å². The Kier molecular flexibility index (Phi) is 7.98. The maximum Gasteiger partial charge on any atom is 0.163 e. The van der Waals surface area contributed by atoms with Gasteiger partial charge < -0.3 is 9.13 Å². The lowest BCUT2D eigenvalue weighted by atomic mass is 9.94. The Hall–Kier alpha value is -6.85. The van der Waals surface area contributed by atoms with Gasteiger partial charge in [0.1, 0.15) is 11.6 Å². The van der Waals surface area contributed by atoms with Crippen LogP contribution < -0.4 is 0 Å². The molecule has 3 aromatic heterocycles. The smallest absolute Gasteiger partial charge is 0.163 e. The third kappa shape index (κ3) is 5.81. The quantitative estimate of drug-likeness (QED) is 0.177. The molecule has 0 fully saturated rings. The van der Waals surface area contributed by atoms with Crippen molar-refractivity contribution in [2.24, 2.45) is 0 Å². The second kappa shape index (κ2) is 13.1. The Labute approximate surface area is 332 Å². The van der Waals surface area contributed by atoms with Gasteiger partial charge in [-0.25, -0.2) is 15.0 Å². The SMILES string of the molecule is Cc1ccc(-c2ccc(-c3cc(-c4nc(C)nc(C)n4)ccc3-n3c4ccc(C)cc4c4cc(C)ccc43)c(-n3c4ccc(C)cc4c4cc(C)ccc43)c2)cc1. The molecule has 10 aromatic rings. The molecule has 0 radical (unpaired) electrons. The Balaban J connectivity index is 1.36. The van der Waals surface area contributed by atoms with Gasteiger partial charge in [-0.05, 0) is 132 Å². The molecule has 3 heterocycles. The number of aromatic nitrogens is 5. The summed E-state index contributed by atoms with van der Waals surface area (Å²) in [6.07, 6.45) is 0. The van der Waals surface area contributed by atoms with Crippen LogP contribution in [0.3, 0.4) is 0 Å². The normalized spacial score (nSPS) is 11.8. The second-order valence-corrected chi connectivity index (χ2v) is 15.8. The fraction of sp³-hybridized carbons (Fsp3) is 0.135. The molecule has 10 rings (SSSR count). The van der Waals surface area contributed by atoms with Crippen molar-refractivity contribution in [3.63, 3.8) is 0 Å². The van der Waals surface area contributed by atoms with Crippen molar-refractivity contribution in [2.45, 2.75) is 48.5 Å². The van der Waals surface area contributed by atoms with Crippen molar-refractivity contribution in [2.75, 3.05) is 0 Å². The molecule has 7 aromatic carbocycles. The molecule has 0 N–H and O–H groups in total. The third-order valence-electron chi connectivity index (χ3n) is 11.4. The number of hydrogen-bond donors (Lipinski definition) is 0. The zero-order chi connectivity index (χ0) is 39.1. The maximum absolute atomic E-state index is 4.85. The van der Waals surface area contributed by atoms with Gasteiger partial charge in [0.2, 0.25) is 0 Å². The number of benzene rings is 7. The Morgan fingerprint density at radius 1 is 0.316 bits per heavy atom. The Morgan fingerprint density at radius 3 is 1.23 bits per heavy atom. The molecule has 0 aliphatic carbocycles. The molecule has 0 unspecified atom stereocenters. The topological polar surface area (TPSA) is 48.5 Å². The molecule has 276 valence electrons. The van der Waals surface area contributed by atoms with Crippen molar-refractivity contribution >= 4 is 43.6 Å². The molecule has 5 heteroatoms. The van der Waals surface area contributed by atoms with Gasteiger partial charge in [0, 0.05) is 38.2 Å². The van der Waals surface area contributed by atoms with Crippen LogP contribution in [0.2, 0.25) is 0 Å². The van der Waals surface area contributed by atoms with Crippen molar-refractivity contribution < 1.29 is 0 Å². The van der Waals surface area contributed by atoms with E-state index in [4.69, 9.17) is 9.97 Å². The molecular weight excluding hydrogens is 695 g/mol. The van der Waals surface area contributed by atoms with Crippen LogP contribution >= 0.6 is 0 Å². The van der Waals surface area contributed by atoms with Gasteiger partial charge in [0.05, 0.1) is 33.4 Å². The van der Waals surface area contributed by atoms with Crippen LogP contribution in [0.15, 0.2) is 133 Å². The van der Waals surface area contributed by atoms with E-state index in [9.17, 15) is 0 Å². The average molecular weight is 738 g/mol. The van der Waals surface area contributed by atoms with E-state index in [1.807, 2.05) is 13.8 Å². The minimum absolute atomic E-state index is 0.668. The standard InChI is InChI=1S/C52H43N5/c1-30-8-14-37(15-9-30)38-16-18-40(51(29-38)57-48-21-12-33(4)26-43(48)44-27-34(5)13-22-49(44)57)45-28-39(52-54-35(6)53-36(7)55-52)17-23-50(45)56-46-19-10-31(2)24-41(46)42-25-32(3)11-20-47(42)56/h8-29H,1-7H3. The zero-order valence-corrected chi connectivity index (χ0v) is 33.4. The van der Waals surface area contributed by atoms with Crippen LogP contribution in [0, 0.1) is 48.5 Å². The zero-order valence-electron chi connectivity index (χ0n) is 33.4. The van der Waals surface area contributed by atoms with E-state index in [-0.39, 0.29) is 0 Å². The van der Waals surface area contributed by atoms with Gasteiger partial charge in [0.25, 0.3) is 0 Å². The lowest BCUT2D eigenvalue weighted by molar-refractivity contribution is 0.928. The molecule has 0 bridgehead atoms. The number of hydrogen-bond acceptors (Lipinski definition) is 3. The highest BCUT2D eigenvalue weighted by Crippen LogP contribution is 2.43. The first kappa shape index (κ1) is 34.6. The van der Waals surface area contributed by atoms with Crippen LogP contribution in [0.5, 0.6) is 0 Å². The van der Waals surface area contributed by atoms with Crippen LogP contribution in [0.4, 0.5) is 0 Å². The van der Waals surface area contributed by atoms with Gasteiger partial charge in [-0.3, -0.25) is 0 Å². The van der Waals surface area contributed by atoms with E-state index in [0.717, 1.165) is 33.6 Å². The van der Waals surface area contributed by atoms with Crippen molar-refractivity contribution in [1.29, 1.82) is 0 Å². The van der Waals surface area contributed by atoms with Crippen LogP contribution in [0.1, 0.15) is 39.5 Å². The first-order chi connectivity index (χ1) is 27.6. The summed E-state index contributed by atoms with van der Waals surface area (Å²) in [6, 6.07) is 49.9. The highest BCUT2D eigenvalue weighted by molar-refractivity contribution is 6.12. The lowest BCUT2D eigenvalue weighted by Gasteiger charge is -2.21. The Morgan fingerprint density at radius 2 is 0.737 bits per heavy atom. The van der Waals surface area contributed by atoms with E-state index in [0.29, 0.717) is 17.5 Å². The molecule has 0 aliphatic rings. The molecule has 0 aliphatic heterocycles. The molecule has 0 amide bonds. The predicted molar refractivity (Wildman–Crippen MR) is 238 cm³/mol. The van der Waals surface area contributed by atoms with Crippen molar-refractivity contribution in [3.05, 3.63) is 173 Å². The van der Waals surface area contributed by atoms with Gasteiger partial charge in [-0.1, -0.05) is 88.5 Å². The Bertz CT molecular complexity index is 3110. The fourth-order valence-electron chi connectivity index (χ4n) is 8.72. The fourth-order valence-corrected chi connectivity index (χ4v) is 8.72. The number of fused-ring (bicyclic) bond motifs is 6. The van der Waals surface area contributed by atoms with Crippen LogP contribution in [0.25, 0.3) is 88.6 Å². The minimum atomic E-state index is 0.668. The summed E-state index contributed by atoms with van der Waals surface area (Å²) in [4.78, 5) is 14.2. The summed E-state index contributed by atoms with van der Waals surface area (Å²) < 4.78 is 4.92. The maximum atomic E-state index is 4.85. The summed E-state index contributed by atoms with van der Waals surface area (Å²) >= 11 is 0. The predicted octanol–water partition coefficient (Wildman–Crippen LogP) is 13.2. The van der Waals surface area contributed by atoms with E-state index in [2.05, 4.69) is 182 Å². The summed E-state index contributed by atoms with van der Waals surface area (Å²) in [7, 11) is 0. The largest absolute Gasteiger partial charge is 0.309 e. The van der Waals surface area contributed by atoms with E-state index in [1.54, 1.807) is 0 Å². The van der Waals surface area contributed by atoms with Crippen molar-refractivity contribution in [1.82, 2.24) is 24.1 Å². The molecular formula is C52H43N5. The number of aryl methyl sites for hydroxylation is 7. The monoisotopic (exact) mass is 737 g/mol. The molecule has 0 atom stereocenters. The molecule has 0 spiro atoms. The second-order valence-electron chi connectivity index (χ2n) is 15.8. The molecule has 0 saturated heterocycles. The van der Waals surface area contributed by atoms with Crippen LogP contribution in [-0.2, 0) is 0 Å². The first-order valence-electron chi connectivity index (χ1n) is 19.7. The highest BCUT2D eigenvalue weighted by Gasteiger charge is 2.23.